The van der Waals surface area contributed by atoms with E-state index < -0.39 is 11.5 Å². The van der Waals surface area contributed by atoms with Crippen molar-refractivity contribution < 1.29 is 14.7 Å². The maximum absolute atomic E-state index is 12.4. The molecule has 6 heteroatoms. The van der Waals surface area contributed by atoms with E-state index in [2.05, 4.69) is 15.3 Å². The number of carboxylic acids is 1. The number of carbonyl (C=O) groups excluding carboxylic acids is 1. The highest BCUT2D eigenvalue weighted by Gasteiger charge is 2.43. The molecular formula is C19H21N3O3. The third-order valence-electron chi connectivity index (χ3n) is 4.95. The topological polar surface area (TPSA) is 91.6 Å². The predicted octanol–water partition coefficient (Wildman–Crippen LogP) is 2.79. The molecule has 1 aliphatic rings. The SMILES string of the molecule is CCc1c(C(=O)O)c(C2=NC(C)(C(C)C)C(=O)N2)nc2ccccc12. The Kier molecular flexibility index (Phi) is 4.06. The van der Waals surface area contributed by atoms with Gasteiger partial charge in [-0.3, -0.25) is 4.79 Å². The number of carboxylic acid groups (broad SMARTS) is 1. The van der Waals surface area contributed by atoms with Crippen molar-refractivity contribution in [3.05, 3.63) is 41.1 Å². The summed E-state index contributed by atoms with van der Waals surface area (Å²) in [5.41, 5.74) is 0.789. The van der Waals surface area contributed by atoms with Gasteiger partial charge in [-0.2, -0.15) is 0 Å². The number of amides is 1. The molecule has 0 spiro atoms. The Labute approximate surface area is 146 Å². The van der Waals surface area contributed by atoms with Gasteiger partial charge in [-0.15, -0.1) is 0 Å². The fourth-order valence-corrected chi connectivity index (χ4v) is 3.10. The summed E-state index contributed by atoms with van der Waals surface area (Å²) in [5, 5.41) is 13.3. The van der Waals surface area contributed by atoms with Gasteiger partial charge < -0.3 is 10.4 Å². The molecule has 3 rings (SSSR count). The summed E-state index contributed by atoms with van der Waals surface area (Å²) in [7, 11) is 0. The number of rotatable bonds is 4. The molecule has 0 radical (unpaired) electrons. The Hall–Kier alpha value is -2.76. The number of para-hydroxylation sites is 1. The monoisotopic (exact) mass is 339 g/mol. The van der Waals surface area contributed by atoms with Crippen LogP contribution in [0.4, 0.5) is 0 Å². The maximum atomic E-state index is 12.4. The van der Waals surface area contributed by atoms with Crippen LogP contribution in [0.3, 0.4) is 0 Å². The molecule has 130 valence electrons. The summed E-state index contributed by atoms with van der Waals surface area (Å²) in [5.74, 6) is -1.09. The van der Waals surface area contributed by atoms with Crippen LogP contribution in [0.25, 0.3) is 10.9 Å². The van der Waals surface area contributed by atoms with Gasteiger partial charge in [0.25, 0.3) is 5.91 Å². The van der Waals surface area contributed by atoms with E-state index in [0.29, 0.717) is 17.5 Å². The Morgan fingerprint density at radius 3 is 2.56 bits per heavy atom. The molecule has 25 heavy (non-hydrogen) atoms. The van der Waals surface area contributed by atoms with Crippen LogP contribution >= 0.6 is 0 Å². The van der Waals surface area contributed by atoms with E-state index in [-0.39, 0.29) is 28.9 Å². The average Bonchev–Trinajstić information content (AvgIpc) is 2.89. The molecule has 6 nitrogen and oxygen atoms in total. The molecule has 1 amide bonds. The number of fused-ring (bicyclic) bond motifs is 1. The molecule has 1 unspecified atom stereocenters. The zero-order chi connectivity index (χ0) is 18.4. The first kappa shape index (κ1) is 17.1. The summed E-state index contributed by atoms with van der Waals surface area (Å²) in [6, 6.07) is 7.42. The molecule has 1 aromatic carbocycles. The lowest BCUT2D eigenvalue weighted by Gasteiger charge is -2.21. The number of aliphatic imine (C=N–C) groups is 1. The van der Waals surface area contributed by atoms with Crippen LogP contribution in [0.1, 0.15) is 49.3 Å². The highest BCUT2D eigenvalue weighted by Crippen LogP contribution is 2.30. The van der Waals surface area contributed by atoms with E-state index in [1.807, 2.05) is 45.0 Å². The molecule has 1 aromatic heterocycles. The third-order valence-corrected chi connectivity index (χ3v) is 4.95. The van der Waals surface area contributed by atoms with E-state index in [9.17, 15) is 14.7 Å². The zero-order valence-corrected chi connectivity index (χ0v) is 14.8. The number of aromatic carboxylic acids is 1. The molecule has 0 bridgehead atoms. The standard InChI is InChI=1S/C19H21N3O3/c1-5-11-12-8-6-7-9-13(12)20-15(14(11)17(23)24)16-21-18(25)19(4,22-16)10(2)3/h6-10H,5H2,1-4H3,(H,23,24)(H,21,22,25). The largest absolute Gasteiger partial charge is 0.478 e. The predicted molar refractivity (Wildman–Crippen MR) is 96.0 cm³/mol. The summed E-state index contributed by atoms with van der Waals surface area (Å²) < 4.78 is 0. The van der Waals surface area contributed by atoms with E-state index in [0.717, 1.165) is 5.39 Å². The molecule has 0 fully saturated rings. The van der Waals surface area contributed by atoms with E-state index in [4.69, 9.17) is 0 Å². The molecule has 1 aliphatic heterocycles. The number of aromatic nitrogens is 1. The van der Waals surface area contributed by atoms with Gasteiger partial charge in [0.1, 0.15) is 11.2 Å². The van der Waals surface area contributed by atoms with Crippen molar-refractivity contribution in [1.29, 1.82) is 0 Å². The summed E-state index contributed by atoms with van der Waals surface area (Å²) >= 11 is 0. The number of amidine groups is 1. The van der Waals surface area contributed by atoms with Crippen molar-refractivity contribution in [2.24, 2.45) is 10.9 Å². The first-order valence-corrected chi connectivity index (χ1v) is 8.36. The number of aryl methyl sites for hydroxylation is 1. The fraction of sp³-hybridized carbons (Fsp3) is 0.368. The van der Waals surface area contributed by atoms with E-state index in [1.165, 1.54) is 0 Å². The fourth-order valence-electron chi connectivity index (χ4n) is 3.10. The van der Waals surface area contributed by atoms with Gasteiger partial charge in [0, 0.05) is 5.39 Å². The number of hydrogen-bond donors (Lipinski definition) is 2. The first-order valence-electron chi connectivity index (χ1n) is 8.36. The third kappa shape index (κ3) is 2.58. The number of carbonyl (C=O) groups is 2. The zero-order valence-electron chi connectivity index (χ0n) is 14.8. The Morgan fingerprint density at radius 1 is 1.32 bits per heavy atom. The molecule has 2 aromatic rings. The smallest absolute Gasteiger partial charge is 0.338 e. The molecule has 0 saturated heterocycles. The van der Waals surface area contributed by atoms with Crippen molar-refractivity contribution >= 4 is 28.6 Å². The van der Waals surface area contributed by atoms with Gasteiger partial charge in [0.15, 0.2) is 5.84 Å². The highest BCUT2D eigenvalue weighted by atomic mass is 16.4. The lowest BCUT2D eigenvalue weighted by Crippen LogP contribution is -2.41. The van der Waals surface area contributed by atoms with Crippen molar-refractivity contribution in [1.82, 2.24) is 10.3 Å². The van der Waals surface area contributed by atoms with Gasteiger partial charge in [0.2, 0.25) is 0 Å². The second kappa shape index (κ2) is 5.95. The summed E-state index contributed by atoms with van der Waals surface area (Å²) in [6.07, 6.45) is 0.542. The number of nitrogens with one attached hydrogen (secondary N) is 1. The lowest BCUT2D eigenvalue weighted by molar-refractivity contribution is -0.124. The van der Waals surface area contributed by atoms with Crippen LogP contribution < -0.4 is 5.32 Å². The highest BCUT2D eigenvalue weighted by molar-refractivity contribution is 6.18. The minimum absolute atomic E-state index is 0.0237. The van der Waals surface area contributed by atoms with Crippen LogP contribution in [0, 0.1) is 5.92 Å². The minimum Gasteiger partial charge on any atom is -0.478 e. The molecule has 0 saturated carbocycles. The normalized spacial score (nSPS) is 20.0. The first-order chi connectivity index (χ1) is 11.8. The van der Waals surface area contributed by atoms with Crippen molar-refractivity contribution in [2.75, 3.05) is 0 Å². The summed E-state index contributed by atoms with van der Waals surface area (Å²) in [6.45, 7) is 7.48. The number of pyridine rings is 1. The van der Waals surface area contributed by atoms with Gasteiger partial charge in [-0.25, -0.2) is 14.8 Å². The number of benzene rings is 1. The van der Waals surface area contributed by atoms with Crippen LogP contribution in [0.2, 0.25) is 0 Å². The van der Waals surface area contributed by atoms with E-state index in [1.54, 1.807) is 6.92 Å². The molecule has 2 N–H and O–H groups in total. The van der Waals surface area contributed by atoms with Crippen molar-refractivity contribution in [3.8, 4) is 0 Å². The maximum Gasteiger partial charge on any atom is 0.338 e. The lowest BCUT2D eigenvalue weighted by atomic mass is 9.89. The van der Waals surface area contributed by atoms with Crippen LogP contribution in [0.15, 0.2) is 29.3 Å². The van der Waals surface area contributed by atoms with Crippen LogP contribution in [0.5, 0.6) is 0 Å². The van der Waals surface area contributed by atoms with Crippen LogP contribution in [-0.2, 0) is 11.2 Å². The van der Waals surface area contributed by atoms with Gasteiger partial charge >= 0.3 is 5.97 Å². The Balaban J connectivity index is 2.32. The van der Waals surface area contributed by atoms with Gasteiger partial charge in [-0.05, 0) is 30.9 Å². The molecule has 2 heterocycles. The Morgan fingerprint density at radius 2 is 2.00 bits per heavy atom. The average molecular weight is 339 g/mol. The van der Waals surface area contributed by atoms with Gasteiger partial charge in [0.05, 0.1) is 11.1 Å². The van der Waals surface area contributed by atoms with Crippen LogP contribution in [-0.4, -0.2) is 33.3 Å². The second-order valence-electron chi connectivity index (χ2n) is 6.71. The second-order valence-corrected chi connectivity index (χ2v) is 6.71. The summed E-state index contributed by atoms with van der Waals surface area (Å²) in [4.78, 5) is 33.4. The number of hydrogen-bond acceptors (Lipinski definition) is 4. The molecular weight excluding hydrogens is 318 g/mol. The quantitative estimate of drug-likeness (QED) is 0.896. The Bertz CT molecular complexity index is 918. The minimum atomic E-state index is -1.07. The van der Waals surface area contributed by atoms with Crippen molar-refractivity contribution in [2.45, 2.75) is 39.7 Å². The van der Waals surface area contributed by atoms with Crippen molar-refractivity contribution in [3.63, 3.8) is 0 Å². The number of nitrogens with zero attached hydrogens (tertiary/aromatic N) is 2. The van der Waals surface area contributed by atoms with E-state index >= 15 is 0 Å². The van der Waals surface area contributed by atoms with Gasteiger partial charge in [-0.1, -0.05) is 39.0 Å². The molecule has 0 aliphatic carbocycles. The molecule has 1 atom stereocenters.